The fourth-order valence-electron chi connectivity index (χ4n) is 1.69. The first-order valence-electron chi connectivity index (χ1n) is 5.70. The number of carbonyl (C=O) groups is 2. The van der Waals surface area contributed by atoms with Crippen LogP contribution in [-0.4, -0.2) is 28.5 Å². The molecule has 0 aliphatic carbocycles. The van der Waals surface area contributed by atoms with Crippen LogP contribution in [0.15, 0.2) is 18.3 Å². The Morgan fingerprint density at radius 3 is 2.47 bits per heavy atom. The summed E-state index contributed by atoms with van der Waals surface area (Å²) in [6, 6.07) is 3.37. The van der Waals surface area contributed by atoms with E-state index >= 15 is 0 Å². The number of H-pyrrole nitrogens is 1. The van der Waals surface area contributed by atoms with Gasteiger partial charge in [-0.05, 0) is 25.0 Å². The molecule has 0 aliphatic rings. The fourth-order valence-corrected chi connectivity index (χ4v) is 1.69. The van der Waals surface area contributed by atoms with Gasteiger partial charge in [-0.2, -0.15) is 0 Å². The third-order valence-corrected chi connectivity index (χ3v) is 3.24. The van der Waals surface area contributed by atoms with E-state index in [4.69, 9.17) is 0 Å². The molecule has 0 fully saturated rings. The van der Waals surface area contributed by atoms with Gasteiger partial charge in [-0.1, -0.05) is 13.8 Å². The van der Waals surface area contributed by atoms with Crippen LogP contribution >= 0.6 is 0 Å². The third-order valence-electron chi connectivity index (χ3n) is 3.24. The summed E-state index contributed by atoms with van der Waals surface area (Å²) in [6.45, 7) is 3.78. The van der Waals surface area contributed by atoms with E-state index in [1.54, 1.807) is 18.3 Å². The number of nitrogens with one attached hydrogen (secondary N) is 2. The van der Waals surface area contributed by atoms with E-state index in [1.165, 1.54) is 0 Å². The van der Waals surface area contributed by atoms with Crippen LogP contribution in [0.25, 0.3) is 0 Å². The van der Waals surface area contributed by atoms with Crippen LogP contribution in [0.4, 0.5) is 0 Å². The Bertz CT molecular complexity index is 380. The SMILES string of the molecule is CCC(CC)(CNC(=O)c1ccc[nH]1)C(=O)O. The molecule has 1 amide bonds. The minimum absolute atomic E-state index is 0.146. The van der Waals surface area contributed by atoms with Gasteiger partial charge in [0, 0.05) is 12.7 Å². The quantitative estimate of drug-likeness (QED) is 0.704. The lowest BCUT2D eigenvalue weighted by molar-refractivity contribution is -0.149. The molecule has 1 aromatic heterocycles. The largest absolute Gasteiger partial charge is 0.481 e. The molecule has 0 unspecified atom stereocenters. The van der Waals surface area contributed by atoms with Gasteiger partial charge in [0.05, 0.1) is 5.41 Å². The standard InChI is InChI=1S/C12H18N2O3/c1-3-12(4-2,11(16)17)8-14-10(15)9-6-5-7-13-9/h5-7,13H,3-4,8H2,1-2H3,(H,14,15)(H,16,17). The number of carboxylic acid groups (broad SMARTS) is 1. The molecule has 0 spiro atoms. The second-order valence-electron chi connectivity index (χ2n) is 4.06. The molecule has 3 N–H and O–H groups in total. The van der Waals surface area contributed by atoms with E-state index in [2.05, 4.69) is 10.3 Å². The normalized spacial score (nSPS) is 11.2. The maximum atomic E-state index is 11.7. The van der Waals surface area contributed by atoms with E-state index in [0.717, 1.165) is 0 Å². The van der Waals surface area contributed by atoms with Gasteiger partial charge in [0.1, 0.15) is 5.69 Å². The summed E-state index contributed by atoms with van der Waals surface area (Å²) in [4.78, 5) is 25.7. The Balaban J connectivity index is 2.65. The van der Waals surface area contributed by atoms with Gasteiger partial charge in [-0.15, -0.1) is 0 Å². The number of aromatic nitrogens is 1. The van der Waals surface area contributed by atoms with Crippen LogP contribution in [0.5, 0.6) is 0 Å². The van der Waals surface area contributed by atoms with Gasteiger partial charge in [0.25, 0.3) is 5.91 Å². The van der Waals surface area contributed by atoms with Gasteiger partial charge in [0.15, 0.2) is 0 Å². The number of aliphatic carboxylic acids is 1. The Kier molecular flexibility index (Phi) is 4.31. The van der Waals surface area contributed by atoms with Crippen molar-refractivity contribution in [3.8, 4) is 0 Å². The molecule has 17 heavy (non-hydrogen) atoms. The predicted molar refractivity (Wildman–Crippen MR) is 63.8 cm³/mol. The van der Waals surface area contributed by atoms with E-state index in [0.29, 0.717) is 18.5 Å². The first kappa shape index (κ1) is 13.3. The molecule has 0 saturated carbocycles. The van der Waals surface area contributed by atoms with Crippen molar-refractivity contribution in [2.24, 2.45) is 5.41 Å². The van der Waals surface area contributed by atoms with Crippen molar-refractivity contribution in [1.29, 1.82) is 0 Å². The maximum Gasteiger partial charge on any atom is 0.311 e. The summed E-state index contributed by atoms with van der Waals surface area (Å²) in [7, 11) is 0. The van der Waals surface area contributed by atoms with Gasteiger partial charge < -0.3 is 15.4 Å². The number of amides is 1. The molecule has 0 bridgehead atoms. The minimum Gasteiger partial charge on any atom is -0.481 e. The van der Waals surface area contributed by atoms with Crippen molar-refractivity contribution in [2.45, 2.75) is 26.7 Å². The Labute approximate surface area is 100 Å². The molecule has 0 aromatic carbocycles. The minimum atomic E-state index is -0.873. The van der Waals surface area contributed by atoms with Crippen LogP contribution in [0.3, 0.4) is 0 Å². The van der Waals surface area contributed by atoms with Crippen molar-refractivity contribution in [2.75, 3.05) is 6.54 Å². The molecular weight excluding hydrogens is 220 g/mol. The fraction of sp³-hybridized carbons (Fsp3) is 0.500. The number of carbonyl (C=O) groups excluding carboxylic acids is 1. The lowest BCUT2D eigenvalue weighted by atomic mass is 9.82. The van der Waals surface area contributed by atoms with Crippen LogP contribution in [-0.2, 0) is 4.79 Å². The molecule has 0 atom stereocenters. The Morgan fingerprint density at radius 1 is 1.41 bits per heavy atom. The van der Waals surface area contributed by atoms with Gasteiger partial charge >= 0.3 is 5.97 Å². The Hall–Kier alpha value is -1.78. The molecule has 1 heterocycles. The number of carboxylic acids is 1. The van der Waals surface area contributed by atoms with Gasteiger partial charge in [0.2, 0.25) is 0 Å². The zero-order valence-corrected chi connectivity index (χ0v) is 10.1. The summed E-state index contributed by atoms with van der Waals surface area (Å²) in [5.74, 6) is -1.14. The summed E-state index contributed by atoms with van der Waals surface area (Å²) >= 11 is 0. The highest BCUT2D eigenvalue weighted by Crippen LogP contribution is 2.25. The van der Waals surface area contributed by atoms with Gasteiger partial charge in [-0.3, -0.25) is 9.59 Å². The highest BCUT2D eigenvalue weighted by atomic mass is 16.4. The van der Waals surface area contributed by atoms with Crippen molar-refractivity contribution < 1.29 is 14.7 Å². The topological polar surface area (TPSA) is 82.2 Å². The van der Waals surface area contributed by atoms with Crippen molar-refractivity contribution in [3.63, 3.8) is 0 Å². The molecule has 0 aliphatic heterocycles. The highest BCUT2D eigenvalue weighted by molar-refractivity contribution is 5.92. The molecule has 0 saturated heterocycles. The summed E-state index contributed by atoms with van der Waals surface area (Å²) in [5, 5.41) is 11.9. The predicted octanol–water partition coefficient (Wildman–Crippen LogP) is 1.64. The van der Waals surface area contributed by atoms with Crippen molar-refractivity contribution in [1.82, 2.24) is 10.3 Å². The zero-order chi connectivity index (χ0) is 12.9. The molecule has 0 radical (unpaired) electrons. The van der Waals surface area contributed by atoms with Crippen LogP contribution in [0.1, 0.15) is 37.2 Å². The lowest BCUT2D eigenvalue weighted by Crippen LogP contribution is -2.42. The molecule has 5 nitrogen and oxygen atoms in total. The molecule has 1 aromatic rings. The smallest absolute Gasteiger partial charge is 0.311 e. The second-order valence-corrected chi connectivity index (χ2v) is 4.06. The maximum absolute atomic E-state index is 11.7. The van der Waals surface area contributed by atoms with Crippen LogP contribution in [0, 0.1) is 5.41 Å². The van der Waals surface area contributed by atoms with Gasteiger partial charge in [-0.25, -0.2) is 0 Å². The number of aromatic amines is 1. The first-order chi connectivity index (χ1) is 8.05. The Morgan fingerprint density at radius 2 is 2.06 bits per heavy atom. The lowest BCUT2D eigenvalue weighted by Gasteiger charge is -2.26. The van der Waals surface area contributed by atoms with E-state index in [-0.39, 0.29) is 12.5 Å². The second kappa shape index (κ2) is 5.52. The molecule has 94 valence electrons. The van der Waals surface area contributed by atoms with Crippen molar-refractivity contribution >= 4 is 11.9 Å². The van der Waals surface area contributed by atoms with E-state index < -0.39 is 11.4 Å². The third kappa shape index (κ3) is 2.87. The van der Waals surface area contributed by atoms with Crippen molar-refractivity contribution in [3.05, 3.63) is 24.0 Å². The average molecular weight is 238 g/mol. The summed E-state index contributed by atoms with van der Waals surface area (Å²) in [6.07, 6.45) is 2.63. The molecule has 1 rings (SSSR count). The van der Waals surface area contributed by atoms with Crippen LogP contribution < -0.4 is 5.32 Å². The first-order valence-corrected chi connectivity index (χ1v) is 5.70. The highest BCUT2D eigenvalue weighted by Gasteiger charge is 2.35. The monoisotopic (exact) mass is 238 g/mol. The molecular formula is C12H18N2O3. The van der Waals surface area contributed by atoms with E-state index in [1.807, 2.05) is 13.8 Å². The van der Waals surface area contributed by atoms with Crippen LogP contribution in [0.2, 0.25) is 0 Å². The zero-order valence-electron chi connectivity index (χ0n) is 10.1. The number of hydrogen-bond donors (Lipinski definition) is 3. The number of rotatable bonds is 6. The average Bonchev–Trinajstić information content (AvgIpc) is 2.84. The summed E-state index contributed by atoms with van der Waals surface area (Å²) < 4.78 is 0. The van der Waals surface area contributed by atoms with E-state index in [9.17, 15) is 14.7 Å². The molecule has 5 heteroatoms. The number of hydrogen-bond acceptors (Lipinski definition) is 2. The summed E-state index contributed by atoms with van der Waals surface area (Å²) in [5.41, 5.74) is -0.432.